The average Bonchev–Trinajstić information content (AvgIpc) is 3.19. The summed E-state index contributed by atoms with van der Waals surface area (Å²) in [6, 6.07) is 1.67. The molecule has 24 heavy (non-hydrogen) atoms. The van der Waals surface area contributed by atoms with Gasteiger partial charge in [0.1, 0.15) is 24.4 Å². The van der Waals surface area contributed by atoms with E-state index in [0.717, 1.165) is 32.1 Å². The molecule has 0 aliphatic heterocycles. The minimum Gasteiger partial charge on any atom is -0.462 e. The molecule has 3 nitrogen and oxygen atoms in total. The van der Waals surface area contributed by atoms with Crippen molar-refractivity contribution >= 4 is 5.97 Å². The van der Waals surface area contributed by atoms with E-state index in [4.69, 9.17) is 10.00 Å². The van der Waals surface area contributed by atoms with Crippen LogP contribution in [0.5, 0.6) is 0 Å². The van der Waals surface area contributed by atoms with Crippen LogP contribution in [-0.4, -0.2) is 24.4 Å². The zero-order chi connectivity index (χ0) is 17.3. The Morgan fingerprint density at radius 2 is 1.92 bits per heavy atom. The normalized spacial score (nSPS) is 44.5. The van der Waals surface area contributed by atoms with E-state index in [9.17, 15) is 13.6 Å². The second-order valence-corrected chi connectivity index (χ2v) is 7.78. The number of carbonyl (C=O) groups excluding carboxylic acids is 1. The van der Waals surface area contributed by atoms with Crippen molar-refractivity contribution in [1.29, 1.82) is 5.26 Å². The number of allylic oxidation sites excluding steroid dienone is 1. The Morgan fingerprint density at radius 1 is 1.29 bits per heavy atom. The molecular weight excluding hydrogens is 312 g/mol. The number of hydrogen-bond acceptors (Lipinski definition) is 3. The van der Waals surface area contributed by atoms with Crippen molar-refractivity contribution in [2.24, 2.45) is 23.2 Å². The molecule has 3 aliphatic carbocycles. The lowest BCUT2D eigenvalue weighted by molar-refractivity contribution is -0.160. The number of ether oxygens (including phenoxy) is 1. The molecule has 3 saturated carbocycles. The SMILES string of the molecule is C=CCC1CC12CCC(C(=O)OC1CC(F)C(C#N)C(F)C1)CC2. The largest absolute Gasteiger partial charge is 0.462 e. The highest BCUT2D eigenvalue weighted by Gasteiger charge is 2.54. The van der Waals surface area contributed by atoms with Crippen LogP contribution < -0.4 is 0 Å². The first-order valence-corrected chi connectivity index (χ1v) is 8.98. The van der Waals surface area contributed by atoms with Crippen molar-refractivity contribution in [3.05, 3.63) is 12.7 Å². The lowest BCUT2D eigenvalue weighted by Gasteiger charge is -2.33. The van der Waals surface area contributed by atoms with Crippen molar-refractivity contribution < 1.29 is 18.3 Å². The molecule has 3 atom stereocenters. The maximum Gasteiger partial charge on any atom is 0.309 e. The van der Waals surface area contributed by atoms with Gasteiger partial charge in [-0.2, -0.15) is 5.26 Å². The van der Waals surface area contributed by atoms with E-state index < -0.39 is 24.4 Å². The second kappa shape index (κ2) is 6.82. The Labute approximate surface area is 142 Å². The third kappa shape index (κ3) is 3.34. The fraction of sp³-hybridized carbons (Fsp3) is 0.789. The Bertz CT molecular complexity index is 524. The number of rotatable bonds is 4. The first-order chi connectivity index (χ1) is 11.5. The van der Waals surface area contributed by atoms with E-state index in [1.807, 2.05) is 6.08 Å². The molecule has 0 amide bonds. The fourth-order valence-electron chi connectivity index (χ4n) is 4.64. The summed E-state index contributed by atoms with van der Waals surface area (Å²) < 4.78 is 33.0. The van der Waals surface area contributed by atoms with Gasteiger partial charge in [0.25, 0.3) is 0 Å². The van der Waals surface area contributed by atoms with E-state index in [1.165, 1.54) is 6.42 Å². The molecule has 0 saturated heterocycles. The van der Waals surface area contributed by atoms with Crippen LogP contribution in [0.15, 0.2) is 12.7 Å². The summed E-state index contributed by atoms with van der Waals surface area (Å²) in [5.74, 6) is -0.977. The van der Waals surface area contributed by atoms with Gasteiger partial charge in [0.15, 0.2) is 0 Å². The number of alkyl halides is 2. The first-order valence-electron chi connectivity index (χ1n) is 8.98. The Hall–Kier alpha value is -1.44. The molecule has 3 aliphatic rings. The smallest absolute Gasteiger partial charge is 0.309 e. The van der Waals surface area contributed by atoms with Gasteiger partial charge in [-0.05, 0) is 49.9 Å². The summed E-state index contributed by atoms with van der Waals surface area (Å²) in [4.78, 5) is 12.3. The van der Waals surface area contributed by atoms with Crippen LogP contribution in [0, 0.1) is 34.5 Å². The van der Waals surface area contributed by atoms with Crippen LogP contribution in [0.2, 0.25) is 0 Å². The van der Waals surface area contributed by atoms with Crippen molar-refractivity contribution in [2.75, 3.05) is 0 Å². The van der Waals surface area contributed by atoms with Crippen molar-refractivity contribution in [2.45, 2.75) is 69.8 Å². The minimum absolute atomic E-state index is 0.0670. The maximum absolute atomic E-state index is 13.8. The molecule has 132 valence electrons. The van der Waals surface area contributed by atoms with Crippen LogP contribution in [0.4, 0.5) is 8.78 Å². The number of hydrogen-bond donors (Lipinski definition) is 0. The zero-order valence-corrected chi connectivity index (χ0v) is 13.9. The van der Waals surface area contributed by atoms with Crippen molar-refractivity contribution in [3.8, 4) is 6.07 Å². The summed E-state index contributed by atoms with van der Waals surface area (Å²) in [5.41, 5.74) is 0.407. The molecule has 0 aromatic rings. The molecular formula is C19H25F2NO2. The van der Waals surface area contributed by atoms with E-state index in [1.54, 1.807) is 6.07 Å². The monoisotopic (exact) mass is 337 g/mol. The van der Waals surface area contributed by atoms with Gasteiger partial charge in [-0.25, -0.2) is 8.78 Å². The highest BCUT2D eigenvalue weighted by atomic mass is 19.1. The summed E-state index contributed by atoms with van der Waals surface area (Å²) in [6.45, 7) is 3.80. The number of esters is 1. The topological polar surface area (TPSA) is 50.1 Å². The molecule has 3 fully saturated rings. The molecule has 0 bridgehead atoms. The third-order valence-electron chi connectivity index (χ3n) is 6.31. The number of halogens is 2. The third-order valence-corrected chi connectivity index (χ3v) is 6.31. The number of carbonyl (C=O) groups is 1. The minimum atomic E-state index is -1.56. The van der Waals surface area contributed by atoms with Gasteiger partial charge < -0.3 is 4.74 Å². The summed E-state index contributed by atoms with van der Waals surface area (Å²) in [6.07, 6.45) is 3.93. The molecule has 1 spiro atoms. The standard InChI is InChI=1S/C19H25F2NO2/c1-2-3-13-10-19(13)6-4-12(5-7-19)18(23)24-14-8-16(20)15(11-22)17(21)9-14/h2,12-17H,1,3-10H2. The quantitative estimate of drug-likeness (QED) is 0.568. The first kappa shape index (κ1) is 17.4. The van der Waals surface area contributed by atoms with Gasteiger partial charge >= 0.3 is 5.97 Å². The van der Waals surface area contributed by atoms with Crippen LogP contribution in [-0.2, 0) is 9.53 Å². The van der Waals surface area contributed by atoms with E-state index in [2.05, 4.69) is 6.58 Å². The summed E-state index contributed by atoms with van der Waals surface area (Å²) >= 11 is 0. The zero-order valence-electron chi connectivity index (χ0n) is 13.9. The van der Waals surface area contributed by atoms with Crippen LogP contribution >= 0.6 is 0 Å². The van der Waals surface area contributed by atoms with Gasteiger partial charge in [-0.3, -0.25) is 4.79 Å². The Morgan fingerprint density at radius 3 is 2.46 bits per heavy atom. The van der Waals surface area contributed by atoms with Gasteiger partial charge in [0.2, 0.25) is 0 Å². The highest BCUT2D eigenvalue weighted by Crippen LogP contribution is 2.63. The van der Waals surface area contributed by atoms with Gasteiger partial charge in [-0.15, -0.1) is 6.58 Å². The Balaban J connectivity index is 1.47. The van der Waals surface area contributed by atoms with Gasteiger partial charge in [0, 0.05) is 12.8 Å². The molecule has 0 N–H and O–H groups in total. The Kier molecular flexibility index (Phi) is 4.94. The van der Waals surface area contributed by atoms with E-state index in [-0.39, 0.29) is 24.7 Å². The number of nitriles is 1. The lowest BCUT2D eigenvalue weighted by Crippen LogP contribution is -2.40. The highest BCUT2D eigenvalue weighted by molar-refractivity contribution is 5.72. The lowest BCUT2D eigenvalue weighted by atomic mass is 9.78. The number of nitrogens with zero attached hydrogens (tertiary/aromatic N) is 1. The van der Waals surface area contributed by atoms with Crippen molar-refractivity contribution in [3.63, 3.8) is 0 Å². The molecule has 0 aromatic heterocycles. The second-order valence-electron chi connectivity index (χ2n) is 7.78. The summed E-state index contributed by atoms with van der Waals surface area (Å²) in [5, 5.41) is 8.77. The maximum atomic E-state index is 13.8. The van der Waals surface area contributed by atoms with Crippen LogP contribution in [0.3, 0.4) is 0 Å². The molecule has 0 aromatic carbocycles. The molecule has 3 unspecified atom stereocenters. The van der Waals surface area contributed by atoms with Gasteiger partial charge in [-0.1, -0.05) is 6.08 Å². The molecule has 0 radical (unpaired) electrons. The molecule has 5 heteroatoms. The summed E-state index contributed by atoms with van der Waals surface area (Å²) in [7, 11) is 0. The van der Waals surface area contributed by atoms with Gasteiger partial charge in [0.05, 0.1) is 12.0 Å². The van der Waals surface area contributed by atoms with Crippen molar-refractivity contribution in [1.82, 2.24) is 0 Å². The van der Waals surface area contributed by atoms with E-state index in [0.29, 0.717) is 11.3 Å². The van der Waals surface area contributed by atoms with Crippen LogP contribution in [0.1, 0.15) is 51.4 Å². The molecule has 0 heterocycles. The van der Waals surface area contributed by atoms with Crippen LogP contribution in [0.25, 0.3) is 0 Å². The predicted octanol–water partition coefficient (Wildman–Crippen LogP) is 4.28. The predicted molar refractivity (Wildman–Crippen MR) is 85.3 cm³/mol. The fourth-order valence-corrected chi connectivity index (χ4v) is 4.64. The average molecular weight is 337 g/mol. The molecule has 3 rings (SSSR count). The van der Waals surface area contributed by atoms with E-state index >= 15 is 0 Å².